The Kier molecular flexibility index (Phi) is 4.03. The molecule has 1 aliphatic carbocycles. The lowest BCUT2D eigenvalue weighted by molar-refractivity contribution is -0.0175. The maximum Gasteiger partial charge on any atom is 0.251 e. The van der Waals surface area contributed by atoms with Gasteiger partial charge in [-0.1, -0.05) is 12.1 Å². The van der Waals surface area contributed by atoms with E-state index in [1.165, 1.54) is 0 Å². The van der Waals surface area contributed by atoms with E-state index in [0.29, 0.717) is 37.1 Å². The maximum atomic E-state index is 12.3. The Morgan fingerprint density at radius 1 is 1.43 bits per heavy atom. The fraction of sp³-hybridized carbons (Fsp3) is 0.500. The molecule has 1 aromatic carbocycles. The summed E-state index contributed by atoms with van der Waals surface area (Å²) in [5.74, 6) is 0.0234. The number of ether oxygens (including phenoxy) is 1. The van der Waals surface area contributed by atoms with Crippen LogP contribution in [-0.4, -0.2) is 56.0 Å². The van der Waals surface area contributed by atoms with Crippen LogP contribution < -0.4 is 5.32 Å². The zero-order valence-corrected chi connectivity index (χ0v) is 12.2. The molecule has 0 spiro atoms. The van der Waals surface area contributed by atoms with Gasteiger partial charge in [-0.2, -0.15) is 0 Å². The van der Waals surface area contributed by atoms with E-state index in [9.17, 15) is 9.59 Å². The zero-order valence-electron chi connectivity index (χ0n) is 12.2. The molecule has 1 aromatic rings. The molecule has 21 heavy (non-hydrogen) atoms. The number of carbonyl (C=O) groups excluding carboxylic acids is 2. The number of amides is 1. The molecule has 0 radical (unpaired) electrons. The Bertz CT molecular complexity index is 571. The Labute approximate surface area is 124 Å². The minimum Gasteiger partial charge on any atom is -0.374 e. The number of nitrogens with zero attached hydrogens (tertiary/aromatic N) is 1. The molecule has 5 heteroatoms. The second-order valence-corrected chi connectivity index (χ2v) is 5.72. The number of hydrogen-bond acceptors (Lipinski definition) is 4. The van der Waals surface area contributed by atoms with E-state index in [2.05, 4.69) is 10.2 Å². The van der Waals surface area contributed by atoms with Crippen LogP contribution in [0.15, 0.2) is 18.2 Å². The summed E-state index contributed by atoms with van der Waals surface area (Å²) in [5.41, 5.74) is 2.22. The standard InChI is InChI=1S/C16H20N2O3/c1-18-7-8-21-11(10-18)9-17-16(20)14-4-2-3-13-12(14)5-6-15(13)19/h2-4,11H,5-10H2,1H3,(H,17,20)/t11-/m0/s1. The summed E-state index contributed by atoms with van der Waals surface area (Å²) in [6, 6.07) is 5.38. The Morgan fingerprint density at radius 3 is 3.10 bits per heavy atom. The lowest BCUT2D eigenvalue weighted by Gasteiger charge is -2.30. The van der Waals surface area contributed by atoms with Crippen LogP contribution in [0.5, 0.6) is 0 Å². The number of rotatable bonds is 3. The van der Waals surface area contributed by atoms with Crippen LogP contribution in [0, 0.1) is 0 Å². The predicted octanol–water partition coefficient (Wildman–Crippen LogP) is 0.876. The molecule has 0 bridgehead atoms. The molecule has 1 heterocycles. The van der Waals surface area contributed by atoms with Gasteiger partial charge in [0.05, 0.1) is 12.7 Å². The van der Waals surface area contributed by atoms with Crippen molar-refractivity contribution in [1.29, 1.82) is 0 Å². The number of nitrogens with one attached hydrogen (secondary N) is 1. The molecular weight excluding hydrogens is 268 g/mol. The van der Waals surface area contributed by atoms with Crippen LogP contribution in [0.4, 0.5) is 0 Å². The van der Waals surface area contributed by atoms with E-state index in [4.69, 9.17) is 4.74 Å². The van der Waals surface area contributed by atoms with Gasteiger partial charge in [-0.25, -0.2) is 0 Å². The number of Topliss-reactive ketones (excluding diaryl/α,β-unsaturated/α-hetero) is 1. The smallest absolute Gasteiger partial charge is 0.251 e. The largest absolute Gasteiger partial charge is 0.374 e. The highest BCUT2D eigenvalue weighted by atomic mass is 16.5. The highest BCUT2D eigenvalue weighted by molar-refractivity contribution is 6.05. The molecule has 5 nitrogen and oxygen atoms in total. The molecule has 1 saturated heterocycles. The zero-order chi connectivity index (χ0) is 14.8. The highest BCUT2D eigenvalue weighted by Crippen LogP contribution is 2.25. The SMILES string of the molecule is CN1CCO[C@@H](CNC(=O)c2cccc3c2CCC3=O)C1. The molecular formula is C16H20N2O3. The van der Waals surface area contributed by atoms with E-state index in [1.54, 1.807) is 18.2 Å². The average molecular weight is 288 g/mol. The molecule has 0 aromatic heterocycles. The van der Waals surface area contributed by atoms with Crippen LogP contribution >= 0.6 is 0 Å². The number of morpholine rings is 1. The summed E-state index contributed by atoms with van der Waals surface area (Å²) in [7, 11) is 2.05. The fourth-order valence-electron chi connectivity index (χ4n) is 3.00. The molecule has 3 rings (SSSR count). The highest BCUT2D eigenvalue weighted by Gasteiger charge is 2.25. The number of likely N-dealkylation sites (N-methyl/N-ethyl adjacent to an activating group) is 1. The van der Waals surface area contributed by atoms with Crippen LogP contribution in [0.1, 0.15) is 32.7 Å². The number of fused-ring (bicyclic) bond motifs is 1. The van der Waals surface area contributed by atoms with E-state index in [0.717, 1.165) is 18.7 Å². The summed E-state index contributed by atoms with van der Waals surface area (Å²) in [5, 5.41) is 2.93. The first-order valence-corrected chi connectivity index (χ1v) is 7.38. The number of ketones is 1. The van der Waals surface area contributed by atoms with Gasteiger partial charge in [-0.05, 0) is 25.1 Å². The van der Waals surface area contributed by atoms with Crippen LogP contribution in [0.3, 0.4) is 0 Å². The molecule has 1 aliphatic heterocycles. The Morgan fingerprint density at radius 2 is 2.29 bits per heavy atom. The van der Waals surface area contributed by atoms with Crippen LogP contribution in [0.2, 0.25) is 0 Å². The van der Waals surface area contributed by atoms with Gasteiger partial charge in [0.2, 0.25) is 0 Å². The third kappa shape index (κ3) is 2.99. The Balaban J connectivity index is 1.65. The molecule has 112 valence electrons. The van der Waals surface area contributed by atoms with E-state index < -0.39 is 0 Å². The fourth-order valence-corrected chi connectivity index (χ4v) is 3.00. The van der Waals surface area contributed by atoms with Crippen molar-refractivity contribution in [3.05, 3.63) is 34.9 Å². The van der Waals surface area contributed by atoms with Crippen molar-refractivity contribution < 1.29 is 14.3 Å². The van der Waals surface area contributed by atoms with Gasteiger partial charge in [0.25, 0.3) is 5.91 Å². The summed E-state index contributed by atoms with van der Waals surface area (Å²) in [4.78, 5) is 26.3. The first-order chi connectivity index (χ1) is 10.1. The molecule has 1 N–H and O–H groups in total. The van der Waals surface area contributed by atoms with Gasteiger partial charge in [-0.3, -0.25) is 9.59 Å². The van der Waals surface area contributed by atoms with Crippen molar-refractivity contribution in [2.75, 3.05) is 33.3 Å². The van der Waals surface area contributed by atoms with E-state index in [1.807, 2.05) is 7.05 Å². The number of benzene rings is 1. The van der Waals surface area contributed by atoms with Crippen LogP contribution in [0.25, 0.3) is 0 Å². The van der Waals surface area contributed by atoms with Gasteiger partial charge >= 0.3 is 0 Å². The van der Waals surface area contributed by atoms with Gasteiger partial charge < -0.3 is 15.0 Å². The second kappa shape index (κ2) is 5.95. The third-order valence-corrected chi connectivity index (χ3v) is 4.16. The third-order valence-electron chi connectivity index (χ3n) is 4.16. The minimum atomic E-state index is -0.113. The topological polar surface area (TPSA) is 58.6 Å². The number of hydrogen-bond donors (Lipinski definition) is 1. The normalized spacial score (nSPS) is 22.1. The van der Waals surface area contributed by atoms with Gasteiger partial charge in [0.15, 0.2) is 5.78 Å². The Hall–Kier alpha value is -1.72. The number of carbonyl (C=O) groups is 2. The van der Waals surface area contributed by atoms with Crippen molar-refractivity contribution in [3.8, 4) is 0 Å². The van der Waals surface area contributed by atoms with Gasteiger partial charge in [0, 0.05) is 37.2 Å². The second-order valence-electron chi connectivity index (χ2n) is 5.72. The quantitative estimate of drug-likeness (QED) is 0.897. The van der Waals surface area contributed by atoms with Gasteiger partial charge in [-0.15, -0.1) is 0 Å². The molecule has 2 aliphatic rings. The first kappa shape index (κ1) is 14.2. The molecule has 1 fully saturated rings. The molecule has 1 atom stereocenters. The summed E-state index contributed by atoms with van der Waals surface area (Å²) < 4.78 is 5.63. The van der Waals surface area contributed by atoms with Crippen molar-refractivity contribution in [2.45, 2.75) is 18.9 Å². The molecule has 0 unspecified atom stereocenters. The maximum absolute atomic E-state index is 12.3. The summed E-state index contributed by atoms with van der Waals surface area (Å²) in [6.45, 7) is 2.96. The lowest BCUT2D eigenvalue weighted by Crippen LogP contribution is -2.46. The molecule has 1 amide bonds. The molecule has 0 saturated carbocycles. The minimum absolute atomic E-state index is 0.0334. The first-order valence-electron chi connectivity index (χ1n) is 7.38. The monoisotopic (exact) mass is 288 g/mol. The van der Waals surface area contributed by atoms with Crippen LogP contribution in [-0.2, 0) is 11.2 Å². The average Bonchev–Trinajstić information content (AvgIpc) is 2.87. The predicted molar refractivity (Wildman–Crippen MR) is 78.7 cm³/mol. The van der Waals surface area contributed by atoms with Crippen molar-refractivity contribution >= 4 is 11.7 Å². The lowest BCUT2D eigenvalue weighted by atomic mass is 10.0. The van der Waals surface area contributed by atoms with E-state index >= 15 is 0 Å². The van der Waals surface area contributed by atoms with E-state index in [-0.39, 0.29) is 17.8 Å². The van der Waals surface area contributed by atoms with Gasteiger partial charge in [0.1, 0.15) is 0 Å². The van der Waals surface area contributed by atoms with Crippen molar-refractivity contribution in [1.82, 2.24) is 10.2 Å². The summed E-state index contributed by atoms with van der Waals surface area (Å²) >= 11 is 0. The summed E-state index contributed by atoms with van der Waals surface area (Å²) in [6.07, 6.45) is 1.21. The van der Waals surface area contributed by atoms with Crippen molar-refractivity contribution in [2.24, 2.45) is 0 Å². The van der Waals surface area contributed by atoms with Crippen molar-refractivity contribution in [3.63, 3.8) is 0 Å².